The molecule has 0 bridgehead atoms. The van der Waals surface area contributed by atoms with E-state index in [1.54, 1.807) is 10.7 Å². The van der Waals surface area contributed by atoms with Crippen molar-refractivity contribution in [2.24, 2.45) is 5.92 Å². The molecule has 4 rings (SSSR count). The van der Waals surface area contributed by atoms with Gasteiger partial charge in [-0.15, -0.1) is 0 Å². The first-order chi connectivity index (χ1) is 14.7. The molecule has 1 aromatic carbocycles. The molecule has 10 heteroatoms. The first kappa shape index (κ1) is 20.9. The largest absolute Gasteiger partial charge is 0.418 e. The summed E-state index contributed by atoms with van der Waals surface area (Å²) in [7, 11) is 0. The Bertz CT molecular complexity index is 1220. The number of aromatic nitrogens is 3. The average Bonchev–Trinajstić information content (AvgIpc) is 3.48. The third-order valence-electron chi connectivity index (χ3n) is 5.55. The van der Waals surface area contributed by atoms with Gasteiger partial charge in [0.2, 0.25) is 0 Å². The Morgan fingerprint density at radius 3 is 2.74 bits per heavy atom. The third kappa shape index (κ3) is 4.01. The number of nitriles is 1. The number of aryl methyl sites for hydroxylation is 1. The first-order valence-corrected chi connectivity index (χ1v) is 9.80. The molecule has 1 aliphatic carbocycles. The maximum absolute atomic E-state index is 12.9. The van der Waals surface area contributed by atoms with Crippen molar-refractivity contribution >= 4 is 22.4 Å². The highest BCUT2D eigenvalue weighted by molar-refractivity contribution is 5.91. The zero-order valence-electron chi connectivity index (χ0n) is 16.6. The maximum Gasteiger partial charge on any atom is 0.418 e. The number of anilines is 2. The monoisotopic (exact) mass is 431 g/mol. The Morgan fingerprint density at radius 2 is 2.13 bits per heavy atom. The van der Waals surface area contributed by atoms with E-state index in [4.69, 9.17) is 0 Å². The van der Waals surface area contributed by atoms with E-state index in [-0.39, 0.29) is 35.0 Å². The molecule has 2 unspecified atom stereocenters. The summed E-state index contributed by atoms with van der Waals surface area (Å²) in [4.78, 5) is 15.1. The van der Waals surface area contributed by atoms with Crippen molar-refractivity contribution in [3.63, 3.8) is 0 Å². The molecule has 2 heterocycles. The van der Waals surface area contributed by atoms with Gasteiger partial charge in [-0.3, -0.25) is 9.48 Å². The first-order valence-electron chi connectivity index (χ1n) is 9.80. The predicted molar refractivity (Wildman–Crippen MR) is 108 cm³/mol. The van der Waals surface area contributed by atoms with Gasteiger partial charge in [-0.1, -0.05) is 6.07 Å². The number of alkyl halides is 3. The molecule has 7 nitrogen and oxygen atoms in total. The van der Waals surface area contributed by atoms with E-state index in [1.807, 2.05) is 0 Å². The molecule has 0 spiro atoms. The molecule has 0 radical (unpaired) electrons. The lowest BCUT2D eigenvalue weighted by Gasteiger charge is -2.17. The highest BCUT2D eigenvalue weighted by Crippen LogP contribution is 2.43. The number of hydrogen-bond donors (Lipinski definition) is 3. The zero-order chi connectivity index (χ0) is 22.3. The van der Waals surface area contributed by atoms with Crippen LogP contribution in [0.5, 0.6) is 0 Å². The van der Waals surface area contributed by atoms with Crippen LogP contribution in [0, 0.1) is 24.2 Å². The van der Waals surface area contributed by atoms with Crippen LogP contribution >= 0.6 is 0 Å². The number of halogens is 3. The Labute approximate surface area is 175 Å². The van der Waals surface area contributed by atoms with Crippen LogP contribution in [0.3, 0.4) is 0 Å². The fourth-order valence-corrected chi connectivity index (χ4v) is 3.84. The smallest absolute Gasteiger partial charge is 0.379 e. The summed E-state index contributed by atoms with van der Waals surface area (Å²) in [6.07, 6.45) is -3.59. The summed E-state index contributed by atoms with van der Waals surface area (Å²) >= 11 is 0. The lowest BCUT2D eigenvalue weighted by Crippen LogP contribution is -2.21. The number of aromatic amines is 1. The Morgan fingerprint density at radius 1 is 1.39 bits per heavy atom. The summed E-state index contributed by atoms with van der Waals surface area (Å²) < 4.78 is 40.3. The second-order valence-electron chi connectivity index (χ2n) is 7.77. The number of pyridine rings is 1. The van der Waals surface area contributed by atoms with E-state index in [9.17, 15) is 28.3 Å². The Hall–Kier alpha value is -3.32. The fraction of sp³-hybridized carbons (Fsp3) is 0.381. The van der Waals surface area contributed by atoms with Gasteiger partial charge in [0.1, 0.15) is 5.39 Å². The van der Waals surface area contributed by atoms with Gasteiger partial charge in [0.25, 0.3) is 5.56 Å². The number of fused-ring (bicyclic) bond motifs is 1. The van der Waals surface area contributed by atoms with Crippen molar-refractivity contribution < 1.29 is 18.3 Å². The van der Waals surface area contributed by atoms with Gasteiger partial charge in [-0.2, -0.15) is 23.5 Å². The summed E-state index contributed by atoms with van der Waals surface area (Å²) in [5, 5.41) is 26.6. The quantitative estimate of drug-likeness (QED) is 0.541. The molecule has 0 saturated heterocycles. The summed E-state index contributed by atoms with van der Waals surface area (Å²) in [5.41, 5.74) is 0.647. The van der Waals surface area contributed by atoms with Crippen molar-refractivity contribution in [1.29, 1.82) is 5.26 Å². The highest BCUT2D eigenvalue weighted by Gasteiger charge is 2.40. The molecule has 1 fully saturated rings. The van der Waals surface area contributed by atoms with Crippen LogP contribution in [0.1, 0.15) is 42.5 Å². The van der Waals surface area contributed by atoms with Gasteiger partial charge in [-0.25, -0.2) is 0 Å². The number of aliphatic hydroxyl groups excluding tert-OH is 1. The van der Waals surface area contributed by atoms with Crippen LogP contribution in [0.25, 0.3) is 10.9 Å². The minimum Gasteiger partial charge on any atom is -0.379 e. The van der Waals surface area contributed by atoms with E-state index >= 15 is 0 Å². The van der Waals surface area contributed by atoms with Crippen molar-refractivity contribution in [1.82, 2.24) is 14.8 Å². The maximum atomic E-state index is 12.9. The summed E-state index contributed by atoms with van der Waals surface area (Å²) in [6, 6.07) is 7.79. The summed E-state index contributed by atoms with van der Waals surface area (Å²) in [6.45, 7) is 1.47. The molecular formula is C21H20F3N5O2. The van der Waals surface area contributed by atoms with Crippen molar-refractivity contribution in [2.75, 3.05) is 5.32 Å². The topological polar surface area (TPSA) is 107 Å². The SMILES string of the molecule is Cc1cc(Nc2nn(C(CC#N)C3CC3)c3cc[nH]c(=O)c23)ccc1C(O)C(F)(F)F. The molecule has 1 saturated carbocycles. The average molecular weight is 431 g/mol. The normalized spacial score (nSPS) is 16.1. The number of aliphatic hydroxyl groups is 1. The molecule has 31 heavy (non-hydrogen) atoms. The van der Waals surface area contributed by atoms with E-state index < -0.39 is 12.3 Å². The number of nitrogens with zero attached hydrogens (tertiary/aromatic N) is 3. The number of H-pyrrole nitrogens is 1. The molecule has 3 N–H and O–H groups in total. The van der Waals surface area contributed by atoms with Crippen molar-refractivity contribution in [3.05, 3.63) is 51.9 Å². The molecule has 2 atom stereocenters. The standard InChI is InChI=1S/C21H20F3N5O2/c1-11-10-13(4-5-14(11)18(30)21(22,23)24)27-19-17-16(7-9-26-20(17)31)29(28-19)15(6-8-25)12-2-3-12/h4-5,7,9-10,12,15,18,30H,2-3,6H2,1H3,(H,26,31)(H,27,28). The predicted octanol–water partition coefficient (Wildman–Crippen LogP) is 4.24. The number of benzene rings is 1. The van der Waals surface area contributed by atoms with Crippen LogP contribution < -0.4 is 10.9 Å². The van der Waals surface area contributed by atoms with Crippen LogP contribution in [0.15, 0.2) is 35.3 Å². The number of hydrogen-bond acceptors (Lipinski definition) is 5. The van der Waals surface area contributed by atoms with Crippen LogP contribution in [0.2, 0.25) is 0 Å². The van der Waals surface area contributed by atoms with Crippen LogP contribution in [-0.4, -0.2) is 26.0 Å². The van der Waals surface area contributed by atoms with E-state index in [1.165, 1.54) is 31.3 Å². The van der Waals surface area contributed by atoms with E-state index in [0.29, 0.717) is 22.5 Å². The van der Waals surface area contributed by atoms with Crippen LogP contribution in [0.4, 0.5) is 24.7 Å². The highest BCUT2D eigenvalue weighted by atomic mass is 19.4. The molecule has 2 aromatic heterocycles. The molecule has 162 valence electrons. The fourth-order valence-electron chi connectivity index (χ4n) is 3.84. The second kappa shape index (κ2) is 7.74. The zero-order valence-corrected chi connectivity index (χ0v) is 16.6. The summed E-state index contributed by atoms with van der Waals surface area (Å²) in [5.74, 6) is 0.573. The minimum absolute atomic E-state index is 0.157. The van der Waals surface area contributed by atoms with Gasteiger partial charge in [-0.05, 0) is 55.0 Å². The molecule has 0 aliphatic heterocycles. The Kier molecular flexibility index (Phi) is 5.23. The van der Waals surface area contributed by atoms with Crippen LogP contribution in [-0.2, 0) is 0 Å². The van der Waals surface area contributed by atoms with Gasteiger partial charge in [0.15, 0.2) is 11.9 Å². The van der Waals surface area contributed by atoms with Gasteiger partial charge < -0.3 is 15.4 Å². The van der Waals surface area contributed by atoms with Crippen molar-refractivity contribution in [3.8, 4) is 6.07 Å². The molecule has 1 aliphatic rings. The van der Waals surface area contributed by atoms with E-state index in [2.05, 4.69) is 21.5 Å². The lowest BCUT2D eigenvalue weighted by atomic mass is 10.0. The van der Waals surface area contributed by atoms with Gasteiger partial charge in [0, 0.05) is 11.9 Å². The second-order valence-corrected chi connectivity index (χ2v) is 7.77. The molecule has 3 aromatic rings. The number of rotatable bonds is 6. The minimum atomic E-state index is -4.76. The Balaban J connectivity index is 1.73. The van der Waals surface area contributed by atoms with E-state index in [0.717, 1.165) is 12.8 Å². The van der Waals surface area contributed by atoms with Gasteiger partial charge in [0.05, 0.1) is 24.0 Å². The van der Waals surface area contributed by atoms with Crippen molar-refractivity contribution in [2.45, 2.75) is 44.5 Å². The lowest BCUT2D eigenvalue weighted by molar-refractivity contribution is -0.206. The third-order valence-corrected chi connectivity index (χ3v) is 5.55. The number of nitrogens with one attached hydrogen (secondary N) is 2. The molecule has 0 amide bonds. The van der Waals surface area contributed by atoms with Gasteiger partial charge >= 0.3 is 6.18 Å². The molecular weight excluding hydrogens is 411 g/mol.